The van der Waals surface area contributed by atoms with Crippen LogP contribution in [0.4, 0.5) is 0 Å². The Bertz CT molecular complexity index is 407. The van der Waals surface area contributed by atoms with Gasteiger partial charge >= 0.3 is 18.9 Å². The quantitative estimate of drug-likeness (QED) is 0.472. The summed E-state index contributed by atoms with van der Waals surface area (Å²) in [6.07, 6.45) is 0.980. The predicted molar refractivity (Wildman–Crippen MR) is 59.3 cm³/mol. The van der Waals surface area contributed by atoms with E-state index in [0.29, 0.717) is 0 Å². The van der Waals surface area contributed by atoms with Gasteiger partial charge in [-0.3, -0.25) is 0 Å². The molecule has 0 aliphatic heterocycles. The first-order valence-corrected chi connectivity index (χ1v) is 4.86. The van der Waals surface area contributed by atoms with Crippen LogP contribution in [-0.4, -0.2) is 0 Å². The minimum Gasteiger partial charge on any atom is -0.180 e. The summed E-state index contributed by atoms with van der Waals surface area (Å²) in [7, 11) is 0. The molecule has 0 amide bonds. The van der Waals surface area contributed by atoms with E-state index in [9.17, 15) is 0 Å². The molecule has 0 N–H and O–H groups in total. The van der Waals surface area contributed by atoms with Gasteiger partial charge in [0, 0.05) is 0 Å². The summed E-state index contributed by atoms with van der Waals surface area (Å²) in [5.41, 5.74) is 3.95. The molecule has 0 heterocycles. The molecule has 2 rings (SSSR count). The molecule has 2 aromatic carbocycles. The second kappa shape index (κ2) is 5.81. The Kier molecular flexibility index (Phi) is 4.69. The summed E-state index contributed by atoms with van der Waals surface area (Å²) in [6, 6.07) is 19.9. The molecule has 0 aliphatic rings. The first-order chi connectivity index (χ1) is 6.86. The van der Waals surface area contributed by atoms with E-state index in [2.05, 4.69) is 43.3 Å². The topological polar surface area (TPSA) is 0 Å². The molecule has 0 aliphatic carbocycles. The minimum atomic E-state index is 0. The van der Waals surface area contributed by atoms with Crippen LogP contribution >= 0.6 is 0 Å². The van der Waals surface area contributed by atoms with Gasteiger partial charge in [0.15, 0.2) is 0 Å². The monoisotopic (exact) mass is 188 g/mol. The standard InChI is InChI=1S/C14H13.Li/c1-12-7-5-6-10-14(12)11-13-8-3-2-4-9-13;/h2-9H,11H2,1H3;/q-1;+1. The van der Waals surface area contributed by atoms with E-state index in [0.717, 1.165) is 6.42 Å². The van der Waals surface area contributed by atoms with Crippen LogP contribution in [0.25, 0.3) is 0 Å². The van der Waals surface area contributed by atoms with Gasteiger partial charge in [-0.25, -0.2) is 0 Å². The summed E-state index contributed by atoms with van der Waals surface area (Å²) >= 11 is 0. The first kappa shape index (κ1) is 12.1. The summed E-state index contributed by atoms with van der Waals surface area (Å²) in [5, 5.41) is 0. The van der Waals surface area contributed by atoms with Gasteiger partial charge in [-0.05, 0) is 12.0 Å². The molecule has 0 saturated carbocycles. The number of benzene rings is 2. The molecule has 0 radical (unpaired) electrons. The number of aryl methyl sites for hydroxylation is 1. The van der Waals surface area contributed by atoms with Crippen molar-refractivity contribution in [2.75, 3.05) is 0 Å². The van der Waals surface area contributed by atoms with Crippen LogP contribution in [0, 0.1) is 13.0 Å². The maximum absolute atomic E-state index is 3.29. The van der Waals surface area contributed by atoms with Crippen LogP contribution in [-0.2, 0) is 6.42 Å². The second-order valence-corrected chi connectivity index (χ2v) is 3.49. The molecule has 15 heavy (non-hydrogen) atoms. The molecule has 1 heteroatoms. The Labute approximate surface area is 104 Å². The van der Waals surface area contributed by atoms with Gasteiger partial charge < -0.3 is 0 Å². The number of hydrogen-bond donors (Lipinski definition) is 0. The fourth-order valence-electron chi connectivity index (χ4n) is 1.55. The van der Waals surface area contributed by atoms with Gasteiger partial charge in [-0.15, -0.1) is 0 Å². The van der Waals surface area contributed by atoms with Gasteiger partial charge in [0.25, 0.3) is 0 Å². The number of hydrogen-bond acceptors (Lipinski definition) is 0. The zero-order valence-corrected chi connectivity index (χ0v) is 9.33. The molecule has 2 aromatic rings. The van der Waals surface area contributed by atoms with E-state index in [4.69, 9.17) is 0 Å². The maximum atomic E-state index is 3.29. The summed E-state index contributed by atoms with van der Waals surface area (Å²) in [5.74, 6) is 0. The van der Waals surface area contributed by atoms with Crippen molar-refractivity contribution in [3.8, 4) is 0 Å². The van der Waals surface area contributed by atoms with Crippen LogP contribution in [0.15, 0.2) is 48.5 Å². The molecular formula is C14H13Li. The molecule has 0 bridgehead atoms. The summed E-state index contributed by atoms with van der Waals surface area (Å²) in [4.78, 5) is 0. The average Bonchev–Trinajstić information content (AvgIpc) is 2.23. The van der Waals surface area contributed by atoms with Crippen molar-refractivity contribution >= 4 is 0 Å². The molecular weight excluding hydrogens is 175 g/mol. The average molecular weight is 188 g/mol. The second-order valence-electron chi connectivity index (χ2n) is 3.49. The molecule has 0 saturated heterocycles. The normalized spacial score (nSPS) is 9.40. The third kappa shape index (κ3) is 3.27. The van der Waals surface area contributed by atoms with Crippen LogP contribution in [0.2, 0.25) is 0 Å². The zero-order chi connectivity index (χ0) is 9.80. The van der Waals surface area contributed by atoms with Crippen molar-refractivity contribution in [2.45, 2.75) is 13.3 Å². The van der Waals surface area contributed by atoms with Crippen molar-refractivity contribution < 1.29 is 18.9 Å². The SMILES string of the molecule is Cc1ccc[c-]c1Cc1ccccc1.[Li+]. The van der Waals surface area contributed by atoms with Gasteiger partial charge in [0.2, 0.25) is 0 Å². The fourth-order valence-corrected chi connectivity index (χ4v) is 1.55. The predicted octanol–water partition coefficient (Wildman–Crippen LogP) is 0.390. The van der Waals surface area contributed by atoms with Crippen molar-refractivity contribution in [1.82, 2.24) is 0 Å². The van der Waals surface area contributed by atoms with E-state index in [1.165, 1.54) is 16.7 Å². The molecule has 0 nitrogen and oxygen atoms in total. The Morgan fingerprint density at radius 3 is 2.40 bits per heavy atom. The van der Waals surface area contributed by atoms with E-state index in [-0.39, 0.29) is 18.9 Å². The molecule has 0 aromatic heterocycles. The van der Waals surface area contributed by atoms with Gasteiger partial charge in [0.05, 0.1) is 0 Å². The van der Waals surface area contributed by atoms with Crippen LogP contribution in [0.5, 0.6) is 0 Å². The van der Waals surface area contributed by atoms with Crippen LogP contribution in [0.1, 0.15) is 16.7 Å². The largest absolute Gasteiger partial charge is 1.00 e. The Morgan fingerprint density at radius 1 is 1.00 bits per heavy atom. The molecule has 70 valence electrons. The first-order valence-electron chi connectivity index (χ1n) is 4.86. The van der Waals surface area contributed by atoms with Crippen LogP contribution in [0.3, 0.4) is 0 Å². The maximum Gasteiger partial charge on any atom is 1.00 e. The van der Waals surface area contributed by atoms with E-state index >= 15 is 0 Å². The number of rotatable bonds is 2. The fraction of sp³-hybridized carbons (Fsp3) is 0.143. The van der Waals surface area contributed by atoms with Gasteiger partial charge in [-0.2, -0.15) is 35.4 Å². The van der Waals surface area contributed by atoms with E-state index < -0.39 is 0 Å². The van der Waals surface area contributed by atoms with Gasteiger partial charge in [0.1, 0.15) is 0 Å². The third-order valence-electron chi connectivity index (χ3n) is 2.40. The summed E-state index contributed by atoms with van der Waals surface area (Å²) < 4.78 is 0. The van der Waals surface area contributed by atoms with E-state index in [1.54, 1.807) is 0 Å². The van der Waals surface area contributed by atoms with Crippen molar-refractivity contribution in [2.24, 2.45) is 0 Å². The van der Waals surface area contributed by atoms with Crippen LogP contribution < -0.4 is 18.9 Å². The van der Waals surface area contributed by atoms with Crippen molar-refractivity contribution in [3.05, 3.63) is 71.3 Å². The van der Waals surface area contributed by atoms with Crippen molar-refractivity contribution in [3.63, 3.8) is 0 Å². The summed E-state index contributed by atoms with van der Waals surface area (Å²) in [6.45, 7) is 2.13. The Morgan fingerprint density at radius 2 is 1.73 bits per heavy atom. The molecule has 0 fully saturated rings. The smallest absolute Gasteiger partial charge is 0.180 e. The molecule has 0 unspecified atom stereocenters. The minimum absolute atomic E-state index is 0. The molecule has 0 spiro atoms. The molecule has 0 atom stereocenters. The zero-order valence-electron chi connectivity index (χ0n) is 9.33. The Hall–Kier alpha value is -0.963. The third-order valence-corrected chi connectivity index (χ3v) is 2.40. The van der Waals surface area contributed by atoms with Crippen molar-refractivity contribution in [1.29, 1.82) is 0 Å². The van der Waals surface area contributed by atoms with E-state index in [1.807, 2.05) is 18.2 Å². The Balaban J connectivity index is 0.00000112. The van der Waals surface area contributed by atoms with Gasteiger partial charge in [-0.1, -0.05) is 37.3 Å².